The predicted molar refractivity (Wildman–Crippen MR) is 134 cm³/mol. The normalized spacial score (nSPS) is 21.4. The van der Waals surface area contributed by atoms with Crippen molar-refractivity contribution in [3.8, 4) is 0 Å². The van der Waals surface area contributed by atoms with Gasteiger partial charge in [0.05, 0.1) is 0 Å². The maximum Gasteiger partial charge on any atom is 0.0324 e. The lowest BCUT2D eigenvalue weighted by Crippen LogP contribution is -2.31. The van der Waals surface area contributed by atoms with Gasteiger partial charge in [-0.15, -0.1) is 0 Å². The first-order valence-corrected chi connectivity index (χ1v) is 14.0. The van der Waals surface area contributed by atoms with Crippen LogP contribution in [0.15, 0.2) is 60.7 Å². The Hall–Kier alpha value is -1.00. The number of hydrogen-bond acceptors (Lipinski definition) is 1. The zero-order valence-corrected chi connectivity index (χ0v) is 20.6. The van der Waals surface area contributed by atoms with E-state index < -0.39 is 8.07 Å². The van der Waals surface area contributed by atoms with Crippen LogP contribution in [-0.2, 0) is 0 Å². The highest BCUT2D eigenvalue weighted by atomic mass is 31.2. The molecule has 3 rings (SSSR count). The predicted octanol–water partition coefficient (Wildman–Crippen LogP) is 7.28. The van der Waals surface area contributed by atoms with Crippen LogP contribution < -0.4 is 10.6 Å². The van der Waals surface area contributed by atoms with Gasteiger partial charge in [-0.1, -0.05) is 87.9 Å². The van der Waals surface area contributed by atoms with Crippen molar-refractivity contribution in [3.63, 3.8) is 0 Å². The fraction of sp³-hybridized carbons (Fsp3) is 0.462. The summed E-state index contributed by atoms with van der Waals surface area (Å²) in [6.07, 6.45) is 10.1. The van der Waals surface area contributed by atoms with Crippen LogP contribution in [0.3, 0.4) is 0 Å². The van der Waals surface area contributed by atoms with Gasteiger partial charge in [0.2, 0.25) is 0 Å². The topological polar surface area (TPSA) is 3.24 Å². The Balaban J connectivity index is 2.15. The highest BCUT2D eigenvalue weighted by Gasteiger charge is 2.39. The molecule has 0 radical (unpaired) electrons. The van der Waals surface area contributed by atoms with Crippen molar-refractivity contribution in [1.82, 2.24) is 4.44 Å². The molecule has 1 aliphatic heterocycles. The first-order chi connectivity index (χ1) is 14.1. The fourth-order valence-electron chi connectivity index (χ4n) is 4.27. The maximum absolute atomic E-state index is 3.00. The first kappa shape index (κ1) is 22.7. The van der Waals surface area contributed by atoms with Gasteiger partial charge >= 0.3 is 0 Å². The summed E-state index contributed by atoms with van der Waals surface area (Å²) in [6.45, 7) is 12.9. The molecule has 0 saturated carbocycles. The monoisotopic (exact) mass is 425 g/mol. The van der Waals surface area contributed by atoms with Crippen LogP contribution in [0.2, 0.25) is 0 Å². The summed E-state index contributed by atoms with van der Waals surface area (Å²) in [5, 5.41) is 3.10. The fourth-order valence-corrected chi connectivity index (χ4v) is 11.7. The number of benzene rings is 2. The Morgan fingerprint density at radius 1 is 0.793 bits per heavy atom. The average molecular weight is 426 g/mol. The summed E-state index contributed by atoms with van der Waals surface area (Å²) in [6, 6.07) is 18.2. The molecule has 0 bridgehead atoms. The van der Waals surface area contributed by atoms with E-state index in [4.69, 9.17) is 0 Å². The van der Waals surface area contributed by atoms with Crippen LogP contribution >= 0.6 is 16.1 Å². The molecule has 1 nitrogen and oxygen atoms in total. The molecule has 29 heavy (non-hydrogen) atoms. The molecule has 2 aromatic rings. The summed E-state index contributed by atoms with van der Waals surface area (Å²) in [5.41, 5.74) is 4.33. The van der Waals surface area contributed by atoms with Crippen LogP contribution in [0.25, 0.3) is 0 Å². The number of nitrogens with zero attached hydrogens (tertiary/aromatic N) is 1. The van der Waals surface area contributed by atoms with E-state index in [0.29, 0.717) is 0 Å². The second kappa shape index (κ2) is 10.9. The molecule has 156 valence electrons. The highest BCUT2D eigenvalue weighted by molar-refractivity contribution is 7.80. The molecule has 1 aliphatic rings. The lowest BCUT2D eigenvalue weighted by molar-refractivity contribution is 0.629. The van der Waals surface area contributed by atoms with E-state index >= 15 is 0 Å². The summed E-state index contributed by atoms with van der Waals surface area (Å²) in [7, 11) is -0.729. The molecule has 0 spiro atoms. The number of rotatable bonds is 9. The minimum Gasteiger partial charge on any atom is -0.251 e. The standard InChI is InChI=1S/C26H37NP2/c1-6-9-20-27(28-23(7-2)18-19-24(28)8-3)29(25-16-12-10-14-21(25)4)26-17-13-11-15-22(26)5/h10-19,23-24H,6-9,20H2,1-5H3/t23-,24?,28?/m1/s1. The molecule has 0 fully saturated rings. The third-order valence-electron chi connectivity index (χ3n) is 5.97. The van der Waals surface area contributed by atoms with Crippen molar-refractivity contribution in [2.24, 2.45) is 0 Å². The van der Waals surface area contributed by atoms with E-state index in [2.05, 4.69) is 99.7 Å². The molecule has 0 saturated heterocycles. The Labute approximate surface area is 181 Å². The Bertz CT molecular complexity index is 756. The third kappa shape index (κ3) is 5.02. The van der Waals surface area contributed by atoms with E-state index in [9.17, 15) is 0 Å². The molecule has 3 heteroatoms. The number of hydrogen-bond donors (Lipinski definition) is 0. The molecule has 0 aliphatic carbocycles. The Kier molecular flexibility index (Phi) is 8.49. The van der Waals surface area contributed by atoms with Crippen molar-refractivity contribution >= 4 is 26.8 Å². The van der Waals surface area contributed by atoms with Crippen molar-refractivity contribution in [1.29, 1.82) is 0 Å². The summed E-state index contributed by atoms with van der Waals surface area (Å²) < 4.78 is 3.00. The van der Waals surface area contributed by atoms with Crippen molar-refractivity contribution < 1.29 is 0 Å². The average Bonchev–Trinajstić information content (AvgIpc) is 3.16. The summed E-state index contributed by atoms with van der Waals surface area (Å²) in [5.74, 6) is 0. The van der Waals surface area contributed by atoms with E-state index in [0.717, 1.165) is 11.3 Å². The molecular weight excluding hydrogens is 388 g/mol. The van der Waals surface area contributed by atoms with Crippen LogP contribution in [0.5, 0.6) is 0 Å². The molecule has 0 amide bonds. The smallest absolute Gasteiger partial charge is 0.0324 e. The van der Waals surface area contributed by atoms with Crippen molar-refractivity contribution in [2.75, 3.05) is 6.54 Å². The summed E-state index contributed by atoms with van der Waals surface area (Å²) in [4.78, 5) is 0. The van der Waals surface area contributed by atoms with Gasteiger partial charge in [0, 0.05) is 25.9 Å². The molecule has 2 unspecified atom stereocenters. The number of unbranched alkanes of at least 4 members (excludes halogenated alkanes) is 1. The lowest BCUT2D eigenvalue weighted by atomic mass is 10.2. The lowest BCUT2D eigenvalue weighted by Gasteiger charge is -2.43. The highest BCUT2D eigenvalue weighted by Crippen LogP contribution is 2.65. The van der Waals surface area contributed by atoms with E-state index in [1.54, 1.807) is 10.6 Å². The quantitative estimate of drug-likeness (QED) is 0.301. The van der Waals surface area contributed by atoms with E-state index in [-0.39, 0.29) is 8.07 Å². The van der Waals surface area contributed by atoms with Crippen LogP contribution in [0, 0.1) is 13.8 Å². The molecule has 0 N–H and O–H groups in total. The maximum atomic E-state index is 3.00. The van der Waals surface area contributed by atoms with Crippen LogP contribution in [0.4, 0.5) is 0 Å². The van der Waals surface area contributed by atoms with Gasteiger partial charge in [-0.2, -0.15) is 0 Å². The third-order valence-corrected chi connectivity index (χ3v) is 12.9. The second-order valence-corrected chi connectivity index (χ2v) is 13.0. The Morgan fingerprint density at radius 2 is 1.28 bits per heavy atom. The molecule has 2 aromatic carbocycles. The number of allylic oxidation sites excluding steroid dienone is 2. The van der Waals surface area contributed by atoms with Crippen molar-refractivity contribution in [3.05, 3.63) is 71.8 Å². The zero-order valence-electron chi connectivity index (χ0n) is 18.8. The zero-order chi connectivity index (χ0) is 20.8. The van der Waals surface area contributed by atoms with Gasteiger partial charge in [0.25, 0.3) is 0 Å². The van der Waals surface area contributed by atoms with Gasteiger partial charge in [-0.25, -0.2) is 0 Å². The molecular formula is C26H37NP2. The van der Waals surface area contributed by atoms with Gasteiger partial charge < -0.3 is 0 Å². The van der Waals surface area contributed by atoms with Crippen LogP contribution in [-0.4, -0.2) is 22.3 Å². The molecule has 1 heterocycles. The van der Waals surface area contributed by atoms with Gasteiger partial charge in [0.15, 0.2) is 0 Å². The van der Waals surface area contributed by atoms with Crippen molar-refractivity contribution in [2.45, 2.75) is 71.6 Å². The van der Waals surface area contributed by atoms with Crippen LogP contribution in [0.1, 0.15) is 57.6 Å². The molecule has 0 aromatic heterocycles. The van der Waals surface area contributed by atoms with Gasteiger partial charge in [-0.3, -0.25) is 4.44 Å². The van der Waals surface area contributed by atoms with Gasteiger partial charge in [-0.05, 0) is 62.9 Å². The minimum atomic E-state index is -0.521. The number of aryl methyl sites for hydroxylation is 2. The summed E-state index contributed by atoms with van der Waals surface area (Å²) >= 11 is 0. The van der Waals surface area contributed by atoms with Gasteiger partial charge in [0.1, 0.15) is 0 Å². The SMILES string of the molecule is CCCCN(P(c1ccccc1C)c1ccccc1C)P1C(CC)C=C[C@H]1CC. The Morgan fingerprint density at radius 3 is 1.69 bits per heavy atom. The molecule has 3 atom stereocenters. The minimum absolute atomic E-state index is 0.208. The largest absolute Gasteiger partial charge is 0.251 e. The second-order valence-electron chi connectivity index (χ2n) is 8.05. The van der Waals surface area contributed by atoms with E-state index in [1.165, 1.54) is 43.4 Å². The first-order valence-electron chi connectivity index (χ1n) is 11.3. The van der Waals surface area contributed by atoms with E-state index in [1.807, 2.05) is 0 Å².